The summed E-state index contributed by atoms with van der Waals surface area (Å²) in [7, 11) is -4.01. The summed E-state index contributed by atoms with van der Waals surface area (Å²) in [5.41, 5.74) is 0.832. The predicted octanol–water partition coefficient (Wildman–Crippen LogP) is 2.24. The van der Waals surface area contributed by atoms with Gasteiger partial charge in [0.05, 0.1) is 4.92 Å². The van der Waals surface area contributed by atoms with Crippen LogP contribution in [-0.2, 0) is 10.0 Å². The number of aryl methyl sites for hydroxylation is 2. The Kier molecular flexibility index (Phi) is 4.67. The number of hydrogen-bond acceptors (Lipinski definition) is 4. The lowest BCUT2D eigenvalue weighted by Crippen LogP contribution is -2.25. The Labute approximate surface area is 116 Å². The lowest BCUT2D eigenvalue weighted by molar-refractivity contribution is -0.387. The van der Waals surface area contributed by atoms with E-state index in [0.29, 0.717) is 11.1 Å². The van der Waals surface area contributed by atoms with Crippen molar-refractivity contribution in [3.05, 3.63) is 45.0 Å². The number of rotatable bonds is 5. The summed E-state index contributed by atoms with van der Waals surface area (Å²) in [4.78, 5) is 9.84. The lowest BCUT2D eigenvalue weighted by atomic mass is 10.1. The highest BCUT2D eigenvalue weighted by molar-refractivity contribution is 7.89. The van der Waals surface area contributed by atoms with E-state index in [9.17, 15) is 18.5 Å². The van der Waals surface area contributed by atoms with Crippen molar-refractivity contribution in [2.45, 2.75) is 18.7 Å². The van der Waals surface area contributed by atoms with Crippen LogP contribution in [0.25, 0.3) is 0 Å². The van der Waals surface area contributed by atoms with E-state index in [1.807, 2.05) is 0 Å². The van der Waals surface area contributed by atoms with Crippen LogP contribution in [0.1, 0.15) is 11.1 Å². The van der Waals surface area contributed by atoms with Crippen LogP contribution in [0.4, 0.5) is 5.69 Å². The summed E-state index contributed by atoms with van der Waals surface area (Å²) in [5, 5.41) is 11.0. The molecule has 104 valence electrons. The molecule has 0 saturated heterocycles. The van der Waals surface area contributed by atoms with Crippen LogP contribution in [0, 0.1) is 24.0 Å². The Bertz CT molecular complexity index is 640. The standard InChI is InChI=1S/C11H13ClN2O4S/c1-7-4-10(14(15)16)11(5-8(7)2)19(17,18)13-6-9(3)12/h4-5,13H,3,6H2,1-2H3. The van der Waals surface area contributed by atoms with E-state index in [2.05, 4.69) is 11.3 Å². The largest absolute Gasteiger partial charge is 0.289 e. The molecule has 6 nitrogen and oxygen atoms in total. The molecule has 0 unspecified atom stereocenters. The summed E-state index contributed by atoms with van der Waals surface area (Å²) in [6.07, 6.45) is 0. The first-order valence-corrected chi connectivity index (χ1v) is 7.10. The van der Waals surface area contributed by atoms with Crippen molar-refractivity contribution in [3.8, 4) is 0 Å². The third kappa shape index (κ3) is 3.76. The third-order valence-corrected chi connectivity index (χ3v) is 4.08. The molecule has 0 aliphatic heterocycles. The monoisotopic (exact) mass is 304 g/mol. The summed E-state index contributed by atoms with van der Waals surface area (Å²) >= 11 is 5.47. The van der Waals surface area contributed by atoms with Gasteiger partial charge in [0, 0.05) is 17.6 Å². The molecule has 1 aromatic rings. The van der Waals surface area contributed by atoms with Gasteiger partial charge in [-0.05, 0) is 31.0 Å². The second-order valence-corrected chi connectivity index (χ2v) is 6.27. The summed E-state index contributed by atoms with van der Waals surface area (Å²) in [6.45, 7) is 6.51. The molecule has 1 N–H and O–H groups in total. The number of benzene rings is 1. The topological polar surface area (TPSA) is 89.3 Å². The number of halogens is 1. The fourth-order valence-electron chi connectivity index (χ4n) is 1.38. The fourth-order valence-corrected chi connectivity index (χ4v) is 2.79. The maximum absolute atomic E-state index is 12.0. The minimum absolute atomic E-state index is 0.0926. The quantitative estimate of drug-likeness (QED) is 0.667. The second-order valence-electron chi connectivity index (χ2n) is 4.00. The van der Waals surface area contributed by atoms with Gasteiger partial charge in [0.1, 0.15) is 0 Å². The molecule has 0 amide bonds. The summed E-state index contributed by atoms with van der Waals surface area (Å²) in [6, 6.07) is 2.51. The maximum atomic E-state index is 12.0. The molecule has 1 aromatic carbocycles. The van der Waals surface area contributed by atoms with Crippen LogP contribution in [0.3, 0.4) is 0 Å². The minimum Gasteiger partial charge on any atom is -0.258 e. The molecule has 0 spiro atoms. The van der Waals surface area contributed by atoms with Crippen LogP contribution in [0.5, 0.6) is 0 Å². The van der Waals surface area contributed by atoms with Gasteiger partial charge in [-0.2, -0.15) is 0 Å². The highest BCUT2D eigenvalue weighted by Gasteiger charge is 2.26. The lowest BCUT2D eigenvalue weighted by Gasteiger charge is -2.09. The zero-order valence-electron chi connectivity index (χ0n) is 10.4. The van der Waals surface area contributed by atoms with E-state index < -0.39 is 20.6 Å². The van der Waals surface area contributed by atoms with E-state index in [0.717, 1.165) is 0 Å². The molecule has 0 aromatic heterocycles. The number of nitrogens with zero attached hydrogens (tertiary/aromatic N) is 1. The van der Waals surface area contributed by atoms with Crippen molar-refractivity contribution in [2.75, 3.05) is 6.54 Å². The van der Waals surface area contributed by atoms with Gasteiger partial charge in [0.25, 0.3) is 5.69 Å². The summed E-state index contributed by atoms with van der Waals surface area (Å²) < 4.78 is 26.2. The zero-order chi connectivity index (χ0) is 14.8. The van der Waals surface area contributed by atoms with Gasteiger partial charge in [-0.15, -0.1) is 0 Å². The van der Waals surface area contributed by atoms with Crippen molar-refractivity contribution in [2.24, 2.45) is 0 Å². The van der Waals surface area contributed by atoms with E-state index in [1.54, 1.807) is 13.8 Å². The Morgan fingerprint density at radius 2 is 1.95 bits per heavy atom. The molecule has 8 heteroatoms. The normalized spacial score (nSPS) is 11.3. The number of hydrogen-bond donors (Lipinski definition) is 1. The van der Waals surface area contributed by atoms with Crippen LogP contribution in [0.2, 0.25) is 0 Å². The number of sulfonamides is 1. The van der Waals surface area contributed by atoms with E-state index in [-0.39, 0.29) is 16.5 Å². The van der Waals surface area contributed by atoms with Crippen LogP contribution >= 0.6 is 11.6 Å². The van der Waals surface area contributed by atoms with Crippen LogP contribution < -0.4 is 4.72 Å². The van der Waals surface area contributed by atoms with Crippen LogP contribution in [-0.4, -0.2) is 19.9 Å². The van der Waals surface area contributed by atoms with Crippen molar-refractivity contribution in [1.82, 2.24) is 4.72 Å². The zero-order valence-corrected chi connectivity index (χ0v) is 12.0. The first-order valence-electron chi connectivity index (χ1n) is 5.23. The molecule has 0 aliphatic rings. The van der Waals surface area contributed by atoms with Gasteiger partial charge < -0.3 is 0 Å². The smallest absolute Gasteiger partial charge is 0.258 e. The summed E-state index contributed by atoms with van der Waals surface area (Å²) in [5.74, 6) is 0. The van der Waals surface area contributed by atoms with E-state index in [1.165, 1.54) is 12.1 Å². The fraction of sp³-hybridized carbons (Fsp3) is 0.273. The maximum Gasteiger partial charge on any atom is 0.289 e. The van der Waals surface area contributed by atoms with Crippen molar-refractivity contribution < 1.29 is 13.3 Å². The van der Waals surface area contributed by atoms with Crippen LogP contribution in [0.15, 0.2) is 28.6 Å². The molecule has 0 heterocycles. The molecule has 0 fully saturated rings. The van der Waals surface area contributed by atoms with Gasteiger partial charge in [-0.25, -0.2) is 13.1 Å². The average molecular weight is 305 g/mol. The Morgan fingerprint density at radius 1 is 1.42 bits per heavy atom. The third-order valence-electron chi connectivity index (χ3n) is 2.52. The number of nitro benzene ring substituents is 1. The predicted molar refractivity (Wildman–Crippen MR) is 72.8 cm³/mol. The second kappa shape index (κ2) is 5.68. The Hall–Kier alpha value is -1.44. The van der Waals surface area contributed by atoms with Gasteiger partial charge in [0.2, 0.25) is 10.0 Å². The molecular weight excluding hydrogens is 292 g/mol. The Balaban J connectivity index is 3.36. The first kappa shape index (κ1) is 15.6. The molecule has 0 atom stereocenters. The van der Waals surface area contributed by atoms with Crippen molar-refractivity contribution in [3.63, 3.8) is 0 Å². The molecule has 19 heavy (non-hydrogen) atoms. The number of nitro groups is 1. The average Bonchev–Trinajstić information content (AvgIpc) is 2.29. The van der Waals surface area contributed by atoms with Gasteiger partial charge in [-0.1, -0.05) is 18.2 Å². The van der Waals surface area contributed by atoms with Crippen molar-refractivity contribution >= 4 is 27.3 Å². The van der Waals surface area contributed by atoms with Crippen molar-refractivity contribution in [1.29, 1.82) is 0 Å². The Morgan fingerprint density at radius 3 is 2.42 bits per heavy atom. The highest BCUT2D eigenvalue weighted by Crippen LogP contribution is 2.27. The minimum atomic E-state index is -4.01. The molecule has 1 rings (SSSR count). The first-order chi connectivity index (χ1) is 8.65. The highest BCUT2D eigenvalue weighted by atomic mass is 35.5. The molecule has 0 radical (unpaired) electrons. The van der Waals surface area contributed by atoms with Gasteiger partial charge >= 0.3 is 0 Å². The van der Waals surface area contributed by atoms with E-state index in [4.69, 9.17) is 11.6 Å². The molecule has 0 aliphatic carbocycles. The molecule has 0 bridgehead atoms. The number of nitrogens with one attached hydrogen (secondary N) is 1. The van der Waals surface area contributed by atoms with Gasteiger partial charge in [-0.3, -0.25) is 10.1 Å². The molecule has 0 saturated carbocycles. The molecular formula is C11H13ClN2O4S. The van der Waals surface area contributed by atoms with E-state index >= 15 is 0 Å². The SMILES string of the molecule is C=C(Cl)CNS(=O)(=O)c1cc(C)c(C)cc1[N+](=O)[O-]. The van der Waals surface area contributed by atoms with Gasteiger partial charge in [0.15, 0.2) is 4.90 Å².